The molecule has 2 unspecified atom stereocenters. The van der Waals surface area contributed by atoms with Crippen LogP contribution in [0.1, 0.15) is 18.9 Å². The highest BCUT2D eigenvalue weighted by atomic mass is 35.5. The molecule has 4 nitrogen and oxygen atoms in total. The summed E-state index contributed by atoms with van der Waals surface area (Å²) < 4.78 is 16.1. The Balaban J connectivity index is 1.96. The van der Waals surface area contributed by atoms with Crippen LogP contribution < -0.4 is 14.8 Å². The minimum absolute atomic E-state index is 0.336. The lowest BCUT2D eigenvalue weighted by molar-refractivity contribution is 0.105. The third-order valence-corrected chi connectivity index (χ3v) is 4.23. The molecule has 0 aromatic heterocycles. The molecule has 0 saturated carbocycles. The summed E-state index contributed by atoms with van der Waals surface area (Å²) in [7, 11) is 3.20. The second kappa shape index (κ2) is 7.16. The summed E-state index contributed by atoms with van der Waals surface area (Å²) in [5.41, 5.74) is 1.01. The molecular weight excluding hydrogens is 278 g/mol. The minimum atomic E-state index is 0.336. The van der Waals surface area contributed by atoms with Crippen molar-refractivity contribution < 1.29 is 14.2 Å². The average Bonchev–Trinajstić information content (AvgIpc) is 2.86. The highest BCUT2D eigenvalue weighted by Gasteiger charge is 2.23. The molecule has 0 aliphatic carbocycles. The zero-order chi connectivity index (χ0) is 14.5. The predicted octanol–water partition coefficient (Wildman–Crippen LogP) is 2.87. The van der Waals surface area contributed by atoms with Crippen molar-refractivity contribution in [3.63, 3.8) is 0 Å². The molecule has 0 bridgehead atoms. The molecule has 0 amide bonds. The van der Waals surface area contributed by atoms with Crippen LogP contribution in [0.5, 0.6) is 11.5 Å². The van der Waals surface area contributed by atoms with Gasteiger partial charge in [-0.3, -0.25) is 0 Å². The average molecular weight is 300 g/mol. The molecule has 0 radical (unpaired) electrons. The minimum Gasteiger partial charge on any atom is -0.493 e. The fourth-order valence-corrected chi connectivity index (χ4v) is 2.80. The van der Waals surface area contributed by atoms with Crippen LogP contribution in [0.15, 0.2) is 12.1 Å². The summed E-state index contributed by atoms with van der Waals surface area (Å²) in [5, 5.41) is 4.05. The van der Waals surface area contributed by atoms with Crippen molar-refractivity contribution in [2.45, 2.75) is 26.0 Å². The summed E-state index contributed by atoms with van der Waals surface area (Å²) in [6, 6.07) is 3.84. The van der Waals surface area contributed by atoms with E-state index >= 15 is 0 Å². The van der Waals surface area contributed by atoms with E-state index in [-0.39, 0.29) is 0 Å². The van der Waals surface area contributed by atoms with Crippen molar-refractivity contribution in [3.8, 4) is 11.5 Å². The summed E-state index contributed by atoms with van der Waals surface area (Å²) in [6.45, 7) is 4.64. The van der Waals surface area contributed by atoms with E-state index in [1.165, 1.54) is 0 Å². The van der Waals surface area contributed by atoms with Gasteiger partial charge in [0.1, 0.15) is 0 Å². The molecule has 1 aromatic rings. The van der Waals surface area contributed by atoms with E-state index in [1.54, 1.807) is 14.2 Å². The highest BCUT2D eigenvalue weighted by molar-refractivity contribution is 6.33. The van der Waals surface area contributed by atoms with E-state index in [0.717, 1.165) is 25.1 Å². The predicted molar refractivity (Wildman–Crippen MR) is 79.8 cm³/mol. The normalized spacial score (nSPS) is 22.0. The molecule has 1 saturated heterocycles. The molecule has 1 fully saturated rings. The van der Waals surface area contributed by atoms with Crippen molar-refractivity contribution in [2.24, 2.45) is 5.92 Å². The van der Waals surface area contributed by atoms with Crippen LogP contribution in [0.3, 0.4) is 0 Å². The van der Waals surface area contributed by atoms with Crippen molar-refractivity contribution in [2.75, 3.05) is 27.4 Å². The molecule has 0 spiro atoms. The number of halogens is 1. The van der Waals surface area contributed by atoms with E-state index in [2.05, 4.69) is 12.2 Å². The summed E-state index contributed by atoms with van der Waals surface area (Å²) >= 11 is 6.35. The molecule has 5 heteroatoms. The van der Waals surface area contributed by atoms with Crippen LogP contribution in [-0.4, -0.2) is 33.5 Å². The van der Waals surface area contributed by atoms with Crippen molar-refractivity contribution >= 4 is 11.6 Å². The lowest BCUT2D eigenvalue weighted by atomic mass is 10.0. The Morgan fingerprint density at radius 2 is 2.15 bits per heavy atom. The van der Waals surface area contributed by atoms with Gasteiger partial charge in [-0.2, -0.15) is 0 Å². The Morgan fingerprint density at radius 1 is 1.35 bits per heavy atom. The van der Waals surface area contributed by atoms with Gasteiger partial charge in [0.25, 0.3) is 0 Å². The Bertz CT molecular complexity index is 453. The fourth-order valence-electron chi connectivity index (χ4n) is 2.50. The molecule has 1 aromatic carbocycles. The van der Waals surface area contributed by atoms with Crippen LogP contribution in [0, 0.1) is 5.92 Å². The van der Waals surface area contributed by atoms with E-state index in [9.17, 15) is 0 Å². The first-order valence-electron chi connectivity index (χ1n) is 6.89. The van der Waals surface area contributed by atoms with Gasteiger partial charge in [0.15, 0.2) is 11.5 Å². The molecular formula is C15H22ClNO3. The lowest BCUT2D eigenvalue weighted by Crippen LogP contribution is -2.26. The maximum atomic E-state index is 6.35. The molecule has 1 heterocycles. The first kappa shape index (κ1) is 15.4. The van der Waals surface area contributed by atoms with Crippen LogP contribution >= 0.6 is 11.6 Å². The largest absolute Gasteiger partial charge is 0.493 e. The van der Waals surface area contributed by atoms with E-state index in [4.69, 9.17) is 25.8 Å². The summed E-state index contributed by atoms with van der Waals surface area (Å²) in [6.07, 6.45) is 1.46. The molecule has 1 aliphatic heterocycles. The Hall–Kier alpha value is -0.970. The first-order chi connectivity index (χ1) is 9.67. The topological polar surface area (TPSA) is 39.7 Å². The fraction of sp³-hybridized carbons (Fsp3) is 0.600. The van der Waals surface area contributed by atoms with E-state index in [1.807, 2.05) is 12.1 Å². The molecule has 1 N–H and O–H groups in total. The highest BCUT2D eigenvalue weighted by Crippen LogP contribution is 2.37. The van der Waals surface area contributed by atoms with E-state index in [0.29, 0.717) is 35.1 Å². The van der Waals surface area contributed by atoms with Crippen LogP contribution in [0.25, 0.3) is 0 Å². The van der Waals surface area contributed by atoms with Crippen molar-refractivity contribution in [3.05, 3.63) is 22.7 Å². The van der Waals surface area contributed by atoms with Crippen LogP contribution in [0.2, 0.25) is 5.02 Å². The van der Waals surface area contributed by atoms with Gasteiger partial charge in [0, 0.05) is 19.7 Å². The number of rotatable bonds is 6. The Labute approximate surface area is 125 Å². The Kier molecular flexibility index (Phi) is 5.52. The zero-order valence-electron chi connectivity index (χ0n) is 12.2. The number of nitrogens with one attached hydrogen (secondary N) is 1. The maximum Gasteiger partial charge on any atom is 0.179 e. The van der Waals surface area contributed by atoms with Crippen molar-refractivity contribution in [1.29, 1.82) is 0 Å². The molecule has 2 rings (SSSR count). The number of hydrogen-bond acceptors (Lipinski definition) is 4. The van der Waals surface area contributed by atoms with Gasteiger partial charge in [0.05, 0.1) is 25.3 Å². The van der Waals surface area contributed by atoms with Gasteiger partial charge in [-0.25, -0.2) is 0 Å². The second-order valence-electron chi connectivity index (χ2n) is 5.03. The number of hydrogen-bond donors (Lipinski definition) is 1. The van der Waals surface area contributed by atoms with Gasteiger partial charge in [0.2, 0.25) is 0 Å². The first-order valence-corrected chi connectivity index (χ1v) is 7.26. The van der Waals surface area contributed by atoms with Crippen LogP contribution in [0.4, 0.5) is 0 Å². The van der Waals surface area contributed by atoms with Gasteiger partial charge < -0.3 is 19.5 Å². The quantitative estimate of drug-likeness (QED) is 0.877. The van der Waals surface area contributed by atoms with Crippen LogP contribution in [-0.2, 0) is 11.3 Å². The Morgan fingerprint density at radius 3 is 2.75 bits per heavy atom. The van der Waals surface area contributed by atoms with Gasteiger partial charge in [-0.05, 0) is 30.9 Å². The summed E-state index contributed by atoms with van der Waals surface area (Å²) in [4.78, 5) is 0. The SMILES string of the molecule is COc1ccc(CNCC2CCOC2C)c(Cl)c1OC. The van der Waals surface area contributed by atoms with Gasteiger partial charge in [-0.15, -0.1) is 0 Å². The van der Waals surface area contributed by atoms with Crippen molar-refractivity contribution in [1.82, 2.24) is 5.32 Å². The third kappa shape index (κ3) is 3.37. The van der Waals surface area contributed by atoms with Gasteiger partial charge >= 0.3 is 0 Å². The lowest BCUT2D eigenvalue weighted by Gasteiger charge is -2.16. The van der Waals surface area contributed by atoms with Gasteiger partial charge in [-0.1, -0.05) is 17.7 Å². The number of ether oxygens (including phenoxy) is 3. The monoisotopic (exact) mass is 299 g/mol. The standard InChI is InChI=1S/C15H22ClNO3/c1-10-11(6-7-20-10)8-17-9-12-4-5-13(18-2)15(19-3)14(12)16/h4-5,10-11,17H,6-9H2,1-3H3. The zero-order valence-corrected chi connectivity index (χ0v) is 13.0. The number of methoxy groups -OCH3 is 2. The molecule has 20 heavy (non-hydrogen) atoms. The van der Waals surface area contributed by atoms with E-state index < -0.39 is 0 Å². The maximum absolute atomic E-state index is 6.35. The summed E-state index contributed by atoms with van der Waals surface area (Å²) in [5.74, 6) is 1.82. The third-order valence-electron chi connectivity index (χ3n) is 3.82. The molecule has 112 valence electrons. The smallest absolute Gasteiger partial charge is 0.179 e. The molecule has 1 aliphatic rings. The number of benzene rings is 1. The molecule has 2 atom stereocenters. The second-order valence-corrected chi connectivity index (χ2v) is 5.41.